The maximum absolute atomic E-state index is 5.62. The summed E-state index contributed by atoms with van der Waals surface area (Å²) >= 11 is 0. The number of methoxy groups -OCH3 is 1. The predicted octanol–water partition coefficient (Wildman–Crippen LogP) is 1.77. The van der Waals surface area contributed by atoms with Gasteiger partial charge < -0.3 is 20.4 Å². The summed E-state index contributed by atoms with van der Waals surface area (Å²) in [6.45, 7) is 3.54. The number of nitrogens with one attached hydrogen (secondary N) is 3. The molecule has 3 N–H and O–H groups in total. The van der Waals surface area contributed by atoms with Crippen molar-refractivity contribution in [3.63, 3.8) is 0 Å². The van der Waals surface area contributed by atoms with Crippen molar-refractivity contribution in [2.45, 2.75) is 31.8 Å². The largest absolute Gasteiger partial charge is 0.376 e. The van der Waals surface area contributed by atoms with Gasteiger partial charge in [-0.05, 0) is 26.2 Å². The summed E-state index contributed by atoms with van der Waals surface area (Å²) in [5.41, 5.74) is 1.45. The maximum Gasteiger partial charge on any atom is 0.226 e. The van der Waals surface area contributed by atoms with Gasteiger partial charge in [-0.25, -0.2) is 4.98 Å². The highest BCUT2D eigenvalue weighted by Gasteiger charge is 2.37. The van der Waals surface area contributed by atoms with Gasteiger partial charge in [-0.1, -0.05) is 0 Å². The summed E-state index contributed by atoms with van der Waals surface area (Å²) in [6.07, 6.45) is 5.04. The van der Waals surface area contributed by atoms with Crippen LogP contribution in [0.5, 0.6) is 0 Å². The molecule has 0 aliphatic heterocycles. The molecule has 7 nitrogen and oxygen atoms in total. The van der Waals surface area contributed by atoms with Crippen LogP contribution in [0.15, 0.2) is 6.33 Å². The van der Waals surface area contributed by atoms with E-state index >= 15 is 0 Å². The van der Waals surface area contributed by atoms with Crippen LogP contribution in [0.2, 0.25) is 0 Å². The number of hydrogen-bond donors (Lipinski definition) is 3. The zero-order chi connectivity index (χ0) is 14.0. The van der Waals surface area contributed by atoms with Crippen LogP contribution >= 0.6 is 0 Å². The average Bonchev–Trinajstić information content (AvgIpc) is 2.86. The molecule has 1 saturated carbocycles. The molecule has 1 fully saturated rings. The van der Waals surface area contributed by atoms with Gasteiger partial charge in [0.05, 0.1) is 11.9 Å². The van der Waals surface area contributed by atoms with Crippen molar-refractivity contribution in [2.75, 3.05) is 30.8 Å². The molecule has 1 aliphatic carbocycles. The molecule has 2 aromatic rings. The number of aromatic amines is 1. The number of imidazole rings is 1. The lowest BCUT2D eigenvalue weighted by atomic mass is 9.80. The predicted molar refractivity (Wildman–Crippen MR) is 77.9 cm³/mol. The van der Waals surface area contributed by atoms with Crippen LogP contribution in [0.3, 0.4) is 0 Å². The van der Waals surface area contributed by atoms with Gasteiger partial charge >= 0.3 is 0 Å². The zero-order valence-electron chi connectivity index (χ0n) is 11.9. The van der Waals surface area contributed by atoms with Crippen molar-refractivity contribution in [2.24, 2.45) is 0 Å². The smallest absolute Gasteiger partial charge is 0.226 e. The Hall–Kier alpha value is -1.89. The first-order valence-corrected chi connectivity index (χ1v) is 7.00. The number of nitrogens with zero attached hydrogens (tertiary/aromatic N) is 3. The molecular weight excluding hydrogens is 256 g/mol. The van der Waals surface area contributed by atoms with E-state index in [1.807, 2.05) is 6.92 Å². The number of aromatic nitrogens is 4. The Morgan fingerprint density at radius 2 is 2.20 bits per heavy atom. The fraction of sp³-hybridized carbons (Fsp3) is 0.615. The Balaban J connectivity index is 1.83. The highest BCUT2D eigenvalue weighted by molar-refractivity contribution is 5.83. The van der Waals surface area contributed by atoms with E-state index in [2.05, 4.69) is 30.6 Å². The van der Waals surface area contributed by atoms with Gasteiger partial charge in [0.25, 0.3) is 0 Å². The number of fused-ring (bicyclic) bond motifs is 1. The normalized spacial score (nSPS) is 16.9. The molecule has 0 unspecified atom stereocenters. The number of rotatable bonds is 6. The first-order chi connectivity index (χ1) is 9.76. The molecule has 20 heavy (non-hydrogen) atoms. The number of anilines is 2. The van der Waals surface area contributed by atoms with Gasteiger partial charge in [-0.15, -0.1) is 0 Å². The lowest BCUT2D eigenvalue weighted by molar-refractivity contribution is -0.0601. The topological polar surface area (TPSA) is 87.8 Å². The van der Waals surface area contributed by atoms with Crippen LogP contribution in [0.1, 0.15) is 26.2 Å². The monoisotopic (exact) mass is 276 g/mol. The van der Waals surface area contributed by atoms with Crippen molar-refractivity contribution >= 4 is 22.9 Å². The summed E-state index contributed by atoms with van der Waals surface area (Å²) in [4.78, 5) is 16.1. The van der Waals surface area contributed by atoms with Crippen LogP contribution in [-0.2, 0) is 4.74 Å². The second-order valence-corrected chi connectivity index (χ2v) is 5.12. The molecule has 108 valence electrons. The SMILES string of the molecule is CCNc1nc(NCC2(OC)CCC2)c2[nH]cnc2n1. The second-order valence-electron chi connectivity index (χ2n) is 5.12. The molecule has 0 atom stereocenters. The third-order valence-electron chi connectivity index (χ3n) is 3.90. The fourth-order valence-electron chi connectivity index (χ4n) is 2.47. The highest BCUT2D eigenvalue weighted by atomic mass is 16.5. The van der Waals surface area contributed by atoms with Gasteiger partial charge in [0.1, 0.15) is 5.52 Å². The third kappa shape index (κ3) is 2.29. The standard InChI is InChI=1S/C13H20N6O/c1-3-14-12-18-10(9-11(19-12)17-8-16-9)15-7-13(20-2)5-4-6-13/h8H,3-7H2,1-2H3,(H3,14,15,16,17,18,19). The minimum atomic E-state index is -0.0460. The summed E-state index contributed by atoms with van der Waals surface area (Å²) in [5.74, 6) is 1.36. The first kappa shape index (κ1) is 13.1. The quantitative estimate of drug-likeness (QED) is 0.745. The third-order valence-corrected chi connectivity index (χ3v) is 3.90. The molecule has 0 bridgehead atoms. The van der Waals surface area contributed by atoms with E-state index in [0.717, 1.165) is 37.3 Å². The van der Waals surface area contributed by atoms with E-state index in [0.29, 0.717) is 11.6 Å². The first-order valence-electron chi connectivity index (χ1n) is 7.00. The average molecular weight is 276 g/mol. The number of hydrogen-bond acceptors (Lipinski definition) is 6. The Kier molecular flexibility index (Phi) is 3.43. The Bertz CT molecular complexity index is 586. The number of H-pyrrole nitrogens is 1. The van der Waals surface area contributed by atoms with E-state index in [4.69, 9.17) is 4.74 Å². The molecule has 0 spiro atoms. The van der Waals surface area contributed by atoms with Crippen LogP contribution < -0.4 is 10.6 Å². The van der Waals surface area contributed by atoms with Crippen LogP contribution in [0, 0.1) is 0 Å². The minimum absolute atomic E-state index is 0.0460. The van der Waals surface area contributed by atoms with Gasteiger partial charge in [0.2, 0.25) is 5.95 Å². The summed E-state index contributed by atoms with van der Waals surface area (Å²) < 4.78 is 5.62. The minimum Gasteiger partial charge on any atom is -0.376 e. The van der Waals surface area contributed by atoms with Gasteiger partial charge in [-0.3, -0.25) is 0 Å². The summed E-state index contributed by atoms with van der Waals surface area (Å²) in [7, 11) is 1.77. The molecule has 0 aromatic carbocycles. The van der Waals surface area contributed by atoms with Crippen molar-refractivity contribution in [3.05, 3.63) is 6.33 Å². The van der Waals surface area contributed by atoms with Crippen molar-refractivity contribution in [1.82, 2.24) is 19.9 Å². The van der Waals surface area contributed by atoms with Crippen LogP contribution in [0.4, 0.5) is 11.8 Å². The van der Waals surface area contributed by atoms with Gasteiger partial charge in [0, 0.05) is 20.2 Å². The van der Waals surface area contributed by atoms with E-state index < -0.39 is 0 Å². The van der Waals surface area contributed by atoms with Crippen LogP contribution in [0.25, 0.3) is 11.2 Å². The lowest BCUT2D eigenvalue weighted by Gasteiger charge is -2.40. The maximum atomic E-state index is 5.62. The van der Waals surface area contributed by atoms with Crippen molar-refractivity contribution in [1.29, 1.82) is 0 Å². The van der Waals surface area contributed by atoms with Gasteiger partial charge in [0.15, 0.2) is 11.5 Å². The molecule has 0 radical (unpaired) electrons. The van der Waals surface area contributed by atoms with E-state index in [1.165, 1.54) is 6.42 Å². The lowest BCUT2D eigenvalue weighted by Crippen LogP contribution is -2.45. The molecular formula is C13H20N6O. The second kappa shape index (κ2) is 5.24. The molecule has 0 amide bonds. The van der Waals surface area contributed by atoms with Crippen molar-refractivity contribution < 1.29 is 4.74 Å². The molecule has 3 rings (SSSR count). The van der Waals surface area contributed by atoms with E-state index in [-0.39, 0.29) is 5.60 Å². The Morgan fingerprint density at radius 3 is 2.85 bits per heavy atom. The zero-order valence-corrected chi connectivity index (χ0v) is 11.9. The van der Waals surface area contributed by atoms with E-state index in [9.17, 15) is 0 Å². The molecule has 2 aromatic heterocycles. The van der Waals surface area contributed by atoms with Gasteiger partial charge in [-0.2, -0.15) is 9.97 Å². The number of ether oxygens (including phenoxy) is 1. The van der Waals surface area contributed by atoms with Crippen molar-refractivity contribution in [3.8, 4) is 0 Å². The molecule has 1 aliphatic rings. The summed E-state index contributed by atoms with van der Waals surface area (Å²) in [5, 5.41) is 6.50. The molecule has 7 heteroatoms. The van der Waals surface area contributed by atoms with E-state index in [1.54, 1.807) is 13.4 Å². The summed E-state index contributed by atoms with van der Waals surface area (Å²) in [6, 6.07) is 0. The highest BCUT2D eigenvalue weighted by Crippen LogP contribution is 2.35. The molecule has 2 heterocycles. The Morgan fingerprint density at radius 1 is 1.35 bits per heavy atom. The molecule has 0 saturated heterocycles. The fourth-order valence-corrected chi connectivity index (χ4v) is 2.47. The van der Waals surface area contributed by atoms with Crippen LogP contribution in [-0.4, -0.2) is 45.7 Å². The Labute approximate surface area is 117 Å².